The lowest BCUT2D eigenvalue weighted by Crippen LogP contribution is -2.45. The Kier molecular flexibility index (Phi) is 5.59. The lowest BCUT2D eigenvalue weighted by molar-refractivity contribution is 0.163. The molecule has 1 aliphatic rings. The van der Waals surface area contributed by atoms with E-state index in [9.17, 15) is 0 Å². The van der Waals surface area contributed by atoms with Crippen molar-refractivity contribution in [2.75, 3.05) is 25.0 Å². The van der Waals surface area contributed by atoms with Gasteiger partial charge >= 0.3 is 0 Å². The monoisotopic (exact) mass is 327 g/mol. The second kappa shape index (κ2) is 8.06. The van der Waals surface area contributed by atoms with E-state index in [1.807, 2.05) is 31.3 Å². The number of anilines is 1. The molecule has 0 amide bonds. The van der Waals surface area contributed by atoms with E-state index >= 15 is 0 Å². The molecule has 1 aliphatic heterocycles. The predicted octanol–water partition coefficient (Wildman–Crippen LogP) is 2.59. The first-order valence-corrected chi connectivity index (χ1v) is 8.58. The number of pyridine rings is 1. The summed E-state index contributed by atoms with van der Waals surface area (Å²) >= 11 is 0. The third kappa shape index (κ3) is 4.41. The molecule has 0 saturated carbocycles. The standard InChI is InChI=1S/C18H25N5O/c1-3-24-18-10-17(20-13-21-18)22-16-7-9-23(11-14(16)2)12-15-6-4-5-8-19-15/h4-6,8,10,13-14,16H,3,7,9,11-12H2,1-2H3,(H,20,21,22)/t14-,16-/m1/s1. The van der Waals surface area contributed by atoms with E-state index in [1.54, 1.807) is 6.33 Å². The van der Waals surface area contributed by atoms with Crippen LogP contribution in [0.3, 0.4) is 0 Å². The van der Waals surface area contributed by atoms with Crippen LogP contribution in [0.4, 0.5) is 5.82 Å². The normalized spacial score (nSPS) is 21.4. The van der Waals surface area contributed by atoms with Crippen LogP contribution in [0.15, 0.2) is 36.8 Å². The molecule has 24 heavy (non-hydrogen) atoms. The minimum Gasteiger partial charge on any atom is -0.478 e. The Labute approximate surface area is 143 Å². The number of nitrogens with one attached hydrogen (secondary N) is 1. The van der Waals surface area contributed by atoms with E-state index in [1.165, 1.54) is 0 Å². The van der Waals surface area contributed by atoms with Crippen molar-refractivity contribution in [3.63, 3.8) is 0 Å². The zero-order valence-corrected chi connectivity index (χ0v) is 14.4. The Morgan fingerprint density at radius 3 is 2.96 bits per heavy atom. The molecule has 0 radical (unpaired) electrons. The molecule has 0 unspecified atom stereocenters. The molecule has 2 atom stereocenters. The number of rotatable bonds is 6. The smallest absolute Gasteiger partial charge is 0.218 e. The number of piperidine rings is 1. The van der Waals surface area contributed by atoms with Gasteiger partial charge in [-0.2, -0.15) is 0 Å². The Bertz CT molecular complexity index is 636. The average Bonchev–Trinajstić information content (AvgIpc) is 2.59. The molecular formula is C18H25N5O. The van der Waals surface area contributed by atoms with Crippen LogP contribution in [0.2, 0.25) is 0 Å². The molecule has 128 valence electrons. The fraction of sp³-hybridized carbons (Fsp3) is 0.500. The maximum Gasteiger partial charge on any atom is 0.218 e. The van der Waals surface area contributed by atoms with Crippen LogP contribution in [-0.2, 0) is 6.54 Å². The Morgan fingerprint density at radius 1 is 1.29 bits per heavy atom. The lowest BCUT2D eigenvalue weighted by atomic mass is 9.93. The molecule has 2 aromatic rings. The van der Waals surface area contributed by atoms with Gasteiger partial charge < -0.3 is 10.1 Å². The summed E-state index contributed by atoms with van der Waals surface area (Å²) in [7, 11) is 0. The van der Waals surface area contributed by atoms with E-state index < -0.39 is 0 Å². The summed E-state index contributed by atoms with van der Waals surface area (Å²) in [6.07, 6.45) is 4.49. The number of aromatic nitrogens is 3. The van der Waals surface area contributed by atoms with Gasteiger partial charge in [-0.3, -0.25) is 9.88 Å². The molecule has 6 heteroatoms. The van der Waals surface area contributed by atoms with Crippen LogP contribution in [-0.4, -0.2) is 45.6 Å². The van der Waals surface area contributed by atoms with Gasteiger partial charge in [-0.05, 0) is 31.4 Å². The average molecular weight is 327 g/mol. The highest BCUT2D eigenvalue weighted by Crippen LogP contribution is 2.22. The first-order valence-electron chi connectivity index (χ1n) is 8.58. The number of likely N-dealkylation sites (tertiary alicyclic amines) is 1. The van der Waals surface area contributed by atoms with Gasteiger partial charge in [-0.15, -0.1) is 0 Å². The highest BCUT2D eigenvalue weighted by Gasteiger charge is 2.26. The minimum atomic E-state index is 0.411. The largest absolute Gasteiger partial charge is 0.478 e. The topological polar surface area (TPSA) is 63.2 Å². The van der Waals surface area contributed by atoms with Crippen molar-refractivity contribution < 1.29 is 4.74 Å². The highest BCUT2D eigenvalue weighted by molar-refractivity contribution is 5.38. The van der Waals surface area contributed by atoms with Crippen molar-refractivity contribution >= 4 is 5.82 Å². The first-order chi connectivity index (χ1) is 11.7. The lowest BCUT2D eigenvalue weighted by Gasteiger charge is -2.37. The molecule has 0 bridgehead atoms. The molecule has 1 saturated heterocycles. The van der Waals surface area contributed by atoms with E-state index in [0.717, 1.165) is 37.6 Å². The van der Waals surface area contributed by atoms with Crippen LogP contribution >= 0.6 is 0 Å². The molecule has 0 aliphatic carbocycles. The van der Waals surface area contributed by atoms with Gasteiger partial charge in [0.1, 0.15) is 12.1 Å². The van der Waals surface area contributed by atoms with E-state index in [4.69, 9.17) is 4.74 Å². The summed E-state index contributed by atoms with van der Waals surface area (Å²) in [4.78, 5) is 15.3. The van der Waals surface area contributed by atoms with Crippen molar-refractivity contribution in [3.8, 4) is 5.88 Å². The summed E-state index contributed by atoms with van der Waals surface area (Å²) in [5.74, 6) is 1.99. The minimum absolute atomic E-state index is 0.411. The van der Waals surface area contributed by atoms with Crippen LogP contribution in [0, 0.1) is 5.92 Å². The Balaban J connectivity index is 1.55. The van der Waals surface area contributed by atoms with Crippen molar-refractivity contribution in [2.45, 2.75) is 32.9 Å². The van der Waals surface area contributed by atoms with Crippen molar-refractivity contribution in [2.24, 2.45) is 5.92 Å². The maximum absolute atomic E-state index is 5.44. The first kappa shape index (κ1) is 16.6. The summed E-state index contributed by atoms with van der Waals surface area (Å²) < 4.78 is 5.44. The third-order valence-electron chi connectivity index (χ3n) is 4.37. The van der Waals surface area contributed by atoms with Gasteiger partial charge in [-0.25, -0.2) is 9.97 Å². The van der Waals surface area contributed by atoms with Crippen LogP contribution in [0.5, 0.6) is 5.88 Å². The molecular weight excluding hydrogens is 302 g/mol. The quantitative estimate of drug-likeness (QED) is 0.880. The van der Waals surface area contributed by atoms with E-state index in [0.29, 0.717) is 24.4 Å². The summed E-state index contributed by atoms with van der Waals surface area (Å²) in [5.41, 5.74) is 1.13. The zero-order valence-electron chi connectivity index (χ0n) is 14.4. The number of ether oxygens (including phenoxy) is 1. The van der Waals surface area contributed by atoms with Crippen molar-refractivity contribution in [1.82, 2.24) is 19.9 Å². The SMILES string of the molecule is CCOc1cc(N[C@@H]2CCN(Cc3ccccn3)C[C@H]2C)ncn1. The van der Waals surface area contributed by atoms with Gasteiger partial charge in [0.05, 0.1) is 12.3 Å². The number of nitrogens with zero attached hydrogens (tertiary/aromatic N) is 4. The van der Waals surface area contributed by atoms with Gasteiger partial charge in [0.15, 0.2) is 0 Å². The number of hydrogen-bond donors (Lipinski definition) is 1. The Morgan fingerprint density at radius 2 is 2.21 bits per heavy atom. The van der Waals surface area contributed by atoms with Gasteiger partial charge in [-0.1, -0.05) is 13.0 Å². The van der Waals surface area contributed by atoms with Gasteiger partial charge in [0.2, 0.25) is 5.88 Å². The molecule has 3 heterocycles. The summed E-state index contributed by atoms with van der Waals surface area (Å²) in [6.45, 7) is 7.87. The summed E-state index contributed by atoms with van der Waals surface area (Å²) in [5, 5.41) is 3.54. The maximum atomic E-state index is 5.44. The van der Waals surface area contributed by atoms with Crippen LogP contribution in [0.25, 0.3) is 0 Å². The fourth-order valence-electron chi connectivity index (χ4n) is 3.15. The van der Waals surface area contributed by atoms with Crippen LogP contribution in [0.1, 0.15) is 26.0 Å². The molecule has 0 aromatic carbocycles. The van der Waals surface area contributed by atoms with Crippen LogP contribution < -0.4 is 10.1 Å². The highest BCUT2D eigenvalue weighted by atomic mass is 16.5. The second-order valence-corrected chi connectivity index (χ2v) is 6.25. The van der Waals surface area contributed by atoms with E-state index in [2.05, 4.69) is 38.2 Å². The summed E-state index contributed by atoms with van der Waals surface area (Å²) in [6, 6.07) is 8.38. The fourth-order valence-corrected chi connectivity index (χ4v) is 3.15. The molecule has 1 fully saturated rings. The number of hydrogen-bond acceptors (Lipinski definition) is 6. The molecule has 1 N–H and O–H groups in total. The van der Waals surface area contributed by atoms with Gasteiger partial charge in [0.25, 0.3) is 0 Å². The van der Waals surface area contributed by atoms with E-state index in [-0.39, 0.29) is 0 Å². The zero-order chi connectivity index (χ0) is 16.8. The second-order valence-electron chi connectivity index (χ2n) is 6.25. The third-order valence-corrected chi connectivity index (χ3v) is 4.37. The van der Waals surface area contributed by atoms with Crippen molar-refractivity contribution in [1.29, 1.82) is 0 Å². The van der Waals surface area contributed by atoms with Gasteiger partial charge in [0, 0.05) is 37.9 Å². The molecule has 3 rings (SSSR count). The predicted molar refractivity (Wildman–Crippen MR) is 93.9 cm³/mol. The Hall–Kier alpha value is -2.21. The molecule has 0 spiro atoms. The van der Waals surface area contributed by atoms with Crippen molar-refractivity contribution in [3.05, 3.63) is 42.5 Å². The molecule has 6 nitrogen and oxygen atoms in total. The molecule has 2 aromatic heterocycles.